The molecule has 0 fully saturated rings. The van der Waals surface area contributed by atoms with Gasteiger partial charge < -0.3 is 9.13 Å². The van der Waals surface area contributed by atoms with E-state index in [0.29, 0.717) is 5.56 Å². The summed E-state index contributed by atoms with van der Waals surface area (Å²) in [6.45, 7) is 0. The molecule has 0 aliphatic rings. The van der Waals surface area contributed by atoms with Gasteiger partial charge in [0.05, 0.1) is 43.7 Å². The molecule has 10 rings (SSSR count). The number of para-hydroxylation sites is 5. The fourth-order valence-electron chi connectivity index (χ4n) is 7.63. The molecule has 47 heavy (non-hydrogen) atoms. The number of aromatic nitrogens is 2. The Morgan fingerprint density at radius 3 is 1.72 bits per heavy atom. The van der Waals surface area contributed by atoms with Crippen molar-refractivity contribution in [1.82, 2.24) is 9.13 Å². The second kappa shape index (κ2) is 9.92. The summed E-state index contributed by atoms with van der Waals surface area (Å²) in [6.07, 6.45) is 0. The molecule has 3 nitrogen and oxygen atoms in total. The second-order valence-electron chi connectivity index (χ2n) is 12.0. The lowest BCUT2D eigenvalue weighted by molar-refractivity contribution is 1.15. The summed E-state index contributed by atoms with van der Waals surface area (Å²) < 4.78 is 7.30. The largest absolute Gasteiger partial charge is 0.307 e. The number of nitrogens with zero attached hydrogens (tertiary/aromatic N) is 3. The molecular weight excluding hydrogens is 591 g/mol. The molecule has 0 amide bonds. The van der Waals surface area contributed by atoms with Crippen LogP contribution >= 0.6 is 11.3 Å². The number of nitriles is 1. The molecule has 10 aromatic rings. The van der Waals surface area contributed by atoms with Gasteiger partial charge in [-0.2, -0.15) is 5.26 Å². The summed E-state index contributed by atoms with van der Waals surface area (Å²) in [7, 11) is 0. The quantitative estimate of drug-likeness (QED) is 0.195. The van der Waals surface area contributed by atoms with Crippen molar-refractivity contribution in [2.75, 3.05) is 0 Å². The lowest BCUT2D eigenvalue weighted by atomic mass is 9.98. The van der Waals surface area contributed by atoms with E-state index in [-0.39, 0.29) is 0 Å². The Bertz CT molecular complexity index is 2880. The molecule has 3 aromatic heterocycles. The Morgan fingerprint density at radius 1 is 0.447 bits per heavy atom. The first kappa shape index (κ1) is 26.1. The molecule has 0 unspecified atom stereocenters. The molecule has 0 bridgehead atoms. The molecule has 4 heteroatoms. The normalized spacial score (nSPS) is 11.8. The highest BCUT2D eigenvalue weighted by Crippen LogP contribution is 2.45. The zero-order valence-corrected chi connectivity index (χ0v) is 26.0. The Morgan fingerprint density at radius 2 is 1.00 bits per heavy atom. The third-order valence-electron chi connectivity index (χ3n) is 9.57. The van der Waals surface area contributed by atoms with Crippen LogP contribution in [-0.2, 0) is 0 Å². The van der Waals surface area contributed by atoms with Crippen LogP contribution in [0.3, 0.4) is 0 Å². The minimum Gasteiger partial charge on any atom is -0.307 e. The number of hydrogen-bond donors (Lipinski definition) is 0. The minimum atomic E-state index is 0.637. The molecule has 0 saturated carbocycles. The number of fused-ring (bicyclic) bond motifs is 10. The van der Waals surface area contributed by atoms with Crippen molar-refractivity contribution in [3.05, 3.63) is 157 Å². The first-order valence-electron chi connectivity index (χ1n) is 15.8. The van der Waals surface area contributed by atoms with Crippen molar-refractivity contribution >= 4 is 75.1 Å². The zero-order chi connectivity index (χ0) is 31.1. The lowest BCUT2D eigenvalue weighted by Crippen LogP contribution is -2.03. The highest BCUT2D eigenvalue weighted by atomic mass is 32.1. The summed E-state index contributed by atoms with van der Waals surface area (Å²) in [5, 5.41) is 18.0. The van der Waals surface area contributed by atoms with Crippen LogP contribution in [0.4, 0.5) is 0 Å². The monoisotopic (exact) mass is 615 g/mol. The van der Waals surface area contributed by atoms with Crippen LogP contribution in [-0.4, -0.2) is 9.13 Å². The summed E-state index contributed by atoms with van der Waals surface area (Å²) in [4.78, 5) is 0. The van der Waals surface area contributed by atoms with Crippen molar-refractivity contribution in [3.8, 4) is 28.6 Å². The first-order chi connectivity index (χ1) is 23.3. The Labute approximate surface area is 274 Å². The van der Waals surface area contributed by atoms with Crippen LogP contribution in [0.2, 0.25) is 0 Å². The van der Waals surface area contributed by atoms with E-state index >= 15 is 0 Å². The van der Waals surface area contributed by atoms with E-state index in [0.717, 1.165) is 39.1 Å². The Kier molecular flexibility index (Phi) is 5.51. The van der Waals surface area contributed by atoms with E-state index in [4.69, 9.17) is 0 Å². The summed E-state index contributed by atoms with van der Waals surface area (Å²) in [5.74, 6) is 0. The molecular formula is C43H25N3S. The molecule has 0 aliphatic heterocycles. The van der Waals surface area contributed by atoms with Crippen LogP contribution < -0.4 is 0 Å². The zero-order valence-electron chi connectivity index (χ0n) is 25.2. The maximum atomic E-state index is 10.6. The van der Waals surface area contributed by atoms with Gasteiger partial charge in [-0.3, -0.25) is 0 Å². The highest BCUT2D eigenvalue weighted by molar-refractivity contribution is 7.26. The van der Waals surface area contributed by atoms with Gasteiger partial charge in [0.15, 0.2) is 0 Å². The minimum absolute atomic E-state index is 0.637. The maximum absolute atomic E-state index is 10.6. The maximum Gasteiger partial charge on any atom is 0.101 e. The predicted octanol–water partition coefficient (Wildman–Crippen LogP) is 11.8. The second-order valence-corrected chi connectivity index (χ2v) is 13.0. The van der Waals surface area contributed by atoms with E-state index in [9.17, 15) is 5.26 Å². The fourth-order valence-corrected chi connectivity index (χ4v) is 8.87. The summed E-state index contributed by atoms with van der Waals surface area (Å²) in [6, 6.07) is 56.3. The third kappa shape index (κ3) is 3.60. The number of rotatable bonds is 3. The fraction of sp³-hybridized carbons (Fsp3) is 0. The van der Waals surface area contributed by atoms with Crippen molar-refractivity contribution in [2.24, 2.45) is 0 Å². The predicted molar refractivity (Wildman–Crippen MR) is 198 cm³/mol. The van der Waals surface area contributed by atoms with E-state index in [1.165, 1.54) is 47.2 Å². The Hall–Kier alpha value is -6.15. The molecule has 0 atom stereocenters. The van der Waals surface area contributed by atoms with Gasteiger partial charge >= 0.3 is 0 Å². The summed E-state index contributed by atoms with van der Waals surface area (Å²) >= 11 is 1.86. The van der Waals surface area contributed by atoms with E-state index in [1.54, 1.807) is 0 Å². The first-order valence-corrected chi connectivity index (χ1v) is 16.6. The van der Waals surface area contributed by atoms with Gasteiger partial charge in [-0.15, -0.1) is 11.3 Å². The lowest BCUT2D eigenvalue weighted by Gasteiger charge is -2.19. The van der Waals surface area contributed by atoms with E-state index in [1.807, 2.05) is 23.5 Å². The van der Waals surface area contributed by atoms with Crippen LogP contribution in [0.5, 0.6) is 0 Å². The van der Waals surface area contributed by atoms with E-state index in [2.05, 4.69) is 155 Å². The average molecular weight is 616 g/mol. The summed E-state index contributed by atoms with van der Waals surface area (Å²) in [5.41, 5.74) is 9.24. The van der Waals surface area contributed by atoms with Gasteiger partial charge in [0.1, 0.15) is 6.07 Å². The number of hydrogen-bond acceptors (Lipinski definition) is 2. The molecule has 7 aromatic carbocycles. The number of thiophene rings is 1. The molecule has 0 spiro atoms. The van der Waals surface area contributed by atoms with Crippen molar-refractivity contribution < 1.29 is 0 Å². The van der Waals surface area contributed by atoms with E-state index < -0.39 is 0 Å². The van der Waals surface area contributed by atoms with Gasteiger partial charge in [0.2, 0.25) is 0 Å². The van der Waals surface area contributed by atoms with Gasteiger partial charge in [-0.05, 0) is 36.4 Å². The van der Waals surface area contributed by atoms with Crippen LogP contribution in [0.25, 0.3) is 86.3 Å². The van der Waals surface area contributed by atoms with Crippen LogP contribution in [0.15, 0.2) is 152 Å². The topological polar surface area (TPSA) is 33.6 Å². The SMILES string of the molecule is N#Cc1cccc(-c2ccccc2-n2c3ccccc3c3ccc4c5ccccc5sc4c32)c1-n1c2ccccc2c2ccccc21. The standard InChI is InChI=1S/C43H25N3S/c44-26-27-12-11-18-33(41(27)45-36-19-6-1-13-28(36)29-14-2-7-20-37(29)45)30-15-3-8-21-38(30)46-39-22-9-4-16-31(39)34-24-25-35-32-17-5-10-23-40(32)47-43(35)42(34)46/h1-25H. The molecule has 218 valence electrons. The average Bonchev–Trinajstić information content (AvgIpc) is 3.79. The van der Waals surface area contributed by atoms with Crippen LogP contribution in [0.1, 0.15) is 5.56 Å². The Balaban J connectivity index is 1.35. The van der Waals surface area contributed by atoms with Gasteiger partial charge in [0.25, 0.3) is 0 Å². The van der Waals surface area contributed by atoms with Crippen molar-refractivity contribution in [1.29, 1.82) is 5.26 Å². The number of benzene rings is 7. The van der Waals surface area contributed by atoms with Crippen molar-refractivity contribution in [3.63, 3.8) is 0 Å². The molecule has 0 N–H and O–H groups in total. The van der Waals surface area contributed by atoms with Gasteiger partial charge in [-0.1, -0.05) is 115 Å². The molecule has 3 heterocycles. The van der Waals surface area contributed by atoms with Gasteiger partial charge in [0, 0.05) is 48.1 Å². The molecule has 0 aliphatic carbocycles. The van der Waals surface area contributed by atoms with Crippen LogP contribution in [0, 0.1) is 11.3 Å². The molecule has 0 radical (unpaired) electrons. The smallest absolute Gasteiger partial charge is 0.101 e. The van der Waals surface area contributed by atoms with Crippen molar-refractivity contribution in [2.45, 2.75) is 0 Å². The molecule has 0 saturated heterocycles. The van der Waals surface area contributed by atoms with Gasteiger partial charge in [-0.25, -0.2) is 0 Å². The highest BCUT2D eigenvalue weighted by Gasteiger charge is 2.23. The third-order valence-corrected chi connectivity index (χ3v) is 10.8.